The van der Waals surface area contributed by atoms with Crippen molar-refractivity contribution in [2.24, 2.45) is 22.5 Å². The van der Waals surface area contributed by atoms with Gasteiger partial charge in [-0.15, -0.1) is 0 Å². The smallest absolute Gasteiger partial charge is 0.0636 e. The molecule has 2 N–H and O–H groups in total. The molecule has 0 aromatic heterocycles. The summed E-state index contributed by atoms with van der Waals surface area (Å²) in [5, 5.41) is 0. The molecule has 0 aromatic carbocycles. The Balaban J connectivity index is 1.75. The standard InChI is InChI=1S/C16H31NO/c1-12(17)7-5-6-10-18-14-11-13-8-9-16(14,4)15(13,2)3/h12-14H,5-11,17H2,1-4H3. The second-order valence-electron chi connectivity index (χ2n) is 7.44. The maximum absolute atomic E-state index is 6.22. The van der Waals surface area contributed by atoms with Crippen molar-refractivity contribution >= 4 is 0 Å². The maximum atomic E-state index is 6.22. The second-order valence-corrected chi connectivity index (χ2v) is 7.44. The third-order valence-electron chi connectivity index (χ3n) is 6.09. The molecule has 2 bridgehead atoms. The van der Waals surface area contributed by atoms with Crippen molar-refractivity contribution in [2.75, 3.05) is 6.61 Å². The van der Waals surface area contributed by atoms with Gasteiger partial charge in [-0.3, -0.25) is 0 Å². The Morgan fingerprint density at radius 2 is 2.00 bits per heavy atom. The SMILES string of the molecule is CC(N)CCCCOC1CC2CCC1(C)C2(C)C. The summed E-state index contributed by atoms with van der Waals surface area (Å²) in [5.74, 6) is 0.886. The van der Waals surface area contributed by atoms with Gasteiger partial charge in [0.15, 0.2) is 0 Å². The largest absolute Gasteiger partial charge is 0.378 e. The van der Waals surface area contributed by atoms with Crippen LogP contribution in [-0.4, -0.2) is 18.8 Å². The lowest BCUT2D eigenvalue weighted by molar-refractivity contribution is -0.0475. The first-order chi connectivity index (χ1) is 8.38. The van der Waals surface area contributed by atoms with E-state index in [2.05, 4.69) is 27.7 Å². The van der Waals surface area contributed by atoms with Crippen molar-refractivity contribution in [1.29, 1.82) is 0 Å². The minimum atomic E-state index is 0.337. The number of ether oxygens (including phenoxy) is 1. The van der Waals surface area contributed by atoms with Crippen molar-refractivity contribution in [3.63, 3.8) is 0 Å². The molecule has 0 aromatic rings. The van der Waals surface area contributed by atoms with Crippen LogP contribution >= 0.6 is 0 Å². The molecule has 2 aliphatic rings. The lowest BCUT2D eigenvalue weighted by atomic mass is 9.70. The first kappa shape index (κ1) is 14.3. The molecular formula is C16H31NO. The number of nitrogens with two attached hydrogens (primary N) is 1. The molecule has 0 heterocycles. The third-order valence-corrected chi connectivity index (χ3v) is 6.09. The normalized spacial score (nSPS) is 39.2. The number of unbranched alkanes of at least 4 members (excludes halogenated alkanes) is 1. The lowest BCUT2D eigenvalue weighted by Crippen LogP contribution is -2.37. The summed E-state index contributed by atoms with van der Waals surface area (Å²) in [6.07, 6.45) is 8.05. The zero-order valence-corrected chi connectivity index (χ0v) is 12.7. The minimum absolute atomic E-state index is 0.337. The van der Waals surface area contributed by atoms with Crippen LogP contribution in [0, 0.1) is 16.7 Å². The van der Waals surface area contributed by atoms with Crippen LogP contribution in [0.4, 0.5) is 0 Å². The summed E-state index contributed by atoms with van der Waals surface area (Å²) >= 11 is 0. The number of rotatable bonds is 6. The Bertz CT molecular complexity index is 287. The molecule has 0 radical (unpaired) electrons. The van der Waals surface area contributed by atoms with Gasteiger partial charge >= 0.3 is 0 Å². The fourth-order valence-corrected chi connectivity index (χ4v) is 4.18. The highest BCUT2D eigenvalue weighted by Gasteiger charge is 2.61. The van der Waals surface area contributed by atoms with Gasteiger partial charge in [0.2, 0.25) is 0 Å². The molecule has 4 atom stereocenters. The Morgan fingerprint density at radius 3 is 2.50 bits per heavy atom. The minimum Gasteiger partial charge on any atom is -0.378 e. The Hall–Kier alpha value is -0.0800. The Kier molecular flexibility index (Phi) is 4.08. The molecule has 2 rings (SSSR count). The zero-order valence-electron chi connectivity index (χ0n) is 12.7. The number of hydrogen-bond acceptors (Lipinski definition) is 2. The monoisotopic (exact) mass is 253 g/mol. The van der Waals surface area contributed by atoms with Gasteiger partial charge in [0.1, 0.15) is 0 Å². The lowest BCUT2D eigenvalue weighted by Gasteiger charge is -2.39. The highest BCUT2D eigenvalue weighted by molar-refractivity contribution is 5.11. The molecule has 0 spiro atoms. The second kappa shape index (κ2) is 5.13. The molecule has 2 heteroatoms. The van der Waals surface area contributed by atoms with Crippen LogP contribution in [0.5, 0.6) is 0 Å². The summed E-state index contributed by atoms with van der Waals surface area (Å²) in [4.78, 5) is 0. The number of fused-ring (bicyclic) bond motifs is 2. The predicted molar refractivity (Wildman–Crippen MR) is 76.5 cm³/mol. The summed E-state index contributed by atoms with van der Waals surface area (Å²) < 4.78 is 6.22. The molecular weight excluding hydrogens is 222 g/mol. The fraction of sp³-hybridized carbons (Fsp3) is 1.00. The topological polar surface area (TPSA) is 35.2 Å². The number of hydrogen-bond donors (Lipinski definition) is 1. The van der Waals surface area contributed by atoms with Crippen LogP contribution in [0.2, 0.25) is 0 Å². The van der Waals surface area contributed by atoms with E-state index < -0.39 is 0 Å². The molecule has 2 fully saturated rings. The average molecular weight is 253 g/mol. The molecule has 0 amide bonds. The van der Waals surface area contributed by atoms with Gasteiger partial charge in [-0.1, -0.05) is 20.8 Å². The van der Waals surface area contributed by atoms with Crippen LogP contribution in [0.3, 0.4) is 0 Å². The van der Waals surface area contributed by atoms with Gasteiger partial charge in [0.25, 0.3) is 0 Å². The molecule has 2 saturated carbocycles. The molecule has 4 unspecified atom stereocenters. The van der Waals surface area contributed by atoms with E-state index in [9.17, 15) is 0 Å². The van der Waals surface area contributed by atoms with Crippen LogP contribution in [0.15, 0.2) is 0 Å². The van der Waals surface area contributed by atoms with Crippen molar-refractivity contribution in [3.05, 3.63) is 0 Å². The van der Waals surface area contributed by atoms with E-state index in [4.69, 9.17) is 10.5 Å². The van der Waals surface area contributed by atoms with E-state index in [-0.39, 0.29) is 0 Å². The first-order valence-electron chi connectivity index (χ1n) is 7.75. The van der Waals surface area contributed by atoms with Gasteiger partial charge < -0.3 is 10.5 Å². The Morgan fingerprint density at radius 1 is 1.28 bits per heavy atom. The Labute approximate surface area is 113 Å². The van der Waals surface area contributed by atoms with E-state index in [1.165, 1.54) is 32.1 Å². The van der Waals surface area contributed by atoms with E-state index in [0.29, 0.717) is 23.0 Å². The van der Waals surface area contributed by atoms with Gasteiger partial charge in [-0.2, -0.15) is 0 Å². The van der Waals surface area contributed by atoms with Crippen LogP contribution in [0.25, 0.3) is 0 Å². The van der Waals surface area contributed by atoms with Crippen LogP contribution in [-0.2, 0) is 4.74 Å². The molecule has 0 saturated heterocycles. The highest BCUT2D eigenvalue weighted by Crippen LogP contribution is 2.66. The summed E-state index contributed by atoms with van der Waals surface area (Å²) in [5.41, 5.74) is 6.65. The summed E-state index contributed by atoms with van der Waals surface area (Å²) in [6, 6.07) is 0.337. The average Bonchev–Trinajstić information content (AvgIpc) is 2.61. The van der Waals surface area contributed by atoms with Gasteiger partial charge in [0, 0.05) is 12.6 Å². The molecule has 0 aliphatic heterocycles. The van der Waals surface area contributed by atoms with Crippen molar-refractivity contribution in [3.8, 4) is 0 Å². The fourth-order valence-electron chi connectivity index (χ4n) is 4.18. The maximum Gasteiger partial charge on any atom is 0.0636 e. The summed E-state index contributed by atoms with van der Waals surface area (Å²) in [6.45, 7) is 10.4. The van der Waals surface area contributed by atoms with Crippen LogP contribution < -0.4 is 5.73 Å². The zero-order chi connectivity index (χ0) is 13.4. The van der Waals surface area contributed by atoms with E-state index in [0.717, 1.165) is 18.9 Å². The third kappa shape index (κ3) is 2.34. The van der Waals surface area contributed by atoms with Crippen LogP contribution in [0.1, 0.15) is 66.2 Å². The molecule has 2 aliphatic carbocycles. The van der Waals surface area contributed by atoms with Gasteiger partial charge in [-0.05, 0) is 62.2 Å². The first-order valence-corrected chi connectivity index (χ1v) is 7.75. The van der Waals surface area contributed by atoms with E-state index in [1.54, 1.807) is 0 Å². The van der Waals surface area contributed by atoms with E-state index >= 15 is 0 Å². The summed E-state index contributed by atoms with van der Waals surface area (Å²) in [7, 11) is 0. The molecule has 106 valence electrons. The molecule has 18 heavy (non-hydrogen) atoms. The molecule has 2 nitrogen and oxygen atoms in total. The van der Waals surface area contributed by atoms with E-state index in [1.807, 2.05) is 0 Å². The van der Waals surface area contributed by atoms with Crippen molar-refractivity contribution in [2.45, 2.75) is 78.4 Å². The van der Waals surface area contributed by atoms with Crippen molar-refractivity contribution in [1.82, 2.24) is 0 Å². The van der Waals surface area contributed by atoms with Gasteiger partial charge in [-0.25, -0.2) is 0 Å². The predicted octanol–water partition coefficient (Wildman–Crippen LogP) is 3.74. The quantitative estimate of drug-likeness (QED) is 0.732. The highest BCUT2D eigenvalue weighted by atomic mass is 16.5. The van der Waals surface area contributed by atoms with Crippen molar-refractivity contribution < 1.29 is 4.74 Å². The van der Waals surface area contributed by atoms with Gasteiger partial charge in [0.05, 0.1) is 6.10 Å².